The largest absolute Gasteiger partial charge is 0.387 e. The predicted octanol–water partition coefficient (Wildman–Crippen LogP) is 1.18. The molecule has 0 aromatic carbocycles. The highest BCUT2D eigenvalue weighted by Gasteiger charge is 2.18. The standard InChI is InChI=1S/C9H18N2O/c1-7-5-8(3-4-12-2)6-9(10)11-7/h7-8H,3-6H2,1-2H3,(H2,10,11)/t7?,8-/m1/s1. The second-order valence-corrected chi connectivity index (χ2v) is 3.56. The number of ether oxygens (including phenoxy) is 1. The molecular formula is C9H18N2O. The molecule has 2 N–H and O–H groups in total. The lowest BCUT2D eigenvalue weighted by Gasteiger charge is -2.23. The summed E-state index contributed by atoms with van der Waals surface area (Å²) in [6, 6.07) is 0.403. The molecule has 2 atom stereocenters. The fourth-order valence-corrected chi connectivity index (χ4v) is 1.75. The molecule has 0 saturated heterocycles. The lowest BCUT2D eigenvalue weighted by molar-refractivity contribution is 0.173. The van der Waals surface area contributed by atoms with Crippen molar-refractivity contribution in [3.05, 3.63) is 0 Å². The summed E-state index contributed by atoms with van der Waals surface area (Å²) in [5.41, 5.74) is 5.70. The van der Waals surface area contributed by atoms with Crippen LogP contribution in [0.1, 0.15) is 26.2 Å². The number of rotatable bonds is 3. The second-order valence-electron chi connectivity index (χ2n) is 3.56. The molecule has 0 aromatic heterocycles. The van der Waals surface area contributed by atoms with Crippen LogP contribution in [0.4, 0.5) is 0 Å². The van der Waals surface area contributed by atoms with Gasteiger partial charge in [0.2, 0.25) is 0 Å². The summed E-state index contributed by atoms with van der Waals surface area (Å²) in [4.78, 5) is 4.29. The maximum Gasteiger partial charge on any atom is 0.0943 e. The SMILES string of the molecule is COCC[C@H]1CC(N)=NC(C)C1. The van der Waals surface area contributed by atoms with Gasteiger partial charge in [0, 0.05) is 26.2 Å². The van der Waals surface area contributed by atoms with Crippen LogP contribution in [0.5, 0.6) is 0 Å². The van der Waals surface area contributed by atoms with Gasteiger partial charge in [-0.1, -0.05) is 0 Å². The Morgan fingerprint density at radius 2 is 2.42 bits per heavy atom. The highest BCUT2D eigenvalue weighted by atomic mass is 16.5. The Bertz CT molecular complexity index is 168. The van der Waals surface area contributed by atoms with Gasteiger partial charge in [0.25, 0.3) is 0 Å². The number of methoxy groups -OCH3 is 1. The molecule has 1 unspecified atom stereocenters. The third-order valence-corrected chi connectivity index (χ3v) is 2.29. The molecule has 0 aromatic rings. The van der Waals surface area contributed by atoms with Crippen LogP contribution >= 0.6 is 0 Å². The summed E-state index contributed by atoms with van der Waals surface area (Å²) in [6.07, 6.45) is 3.22. The first-order chi connectivity index (χ1) is 5.72. The van der Waals surface area contributed by atoms with Gasteiger partial charge in [0.05, 0.1) is 5.84 Å². The average Bonchev–Trinajstić information content (AvgIpc) is 1.99. The van der Waals surface area contributed by atoms with E-state index < -0.39 is 0 Å². The van der Waals surface area contributed by atoms with E-state index in [1.54, 1.807) is 7.11 Å². The second kappa shape index (κ2) is 4.45. The summed E-state index contributed by atoms with van der Waals surface area (Å²) in [6.45, 7) is 2.95. The van der Waals surface area contributed by atoms with Crippen LogP contribution in [-0.4, -0.2) is 25.6 Å². The summed E-state index contributed by atoms with van der Waals surface area (Å²) < 4.78 is 5.03. The first-order valence-corrected chi connectivity index (χ1v) is 4.53. The third kappa shape index (κ3) is 2.81. The minimum atomic E-state index is 0.403. The van der Waals surface area contributed by atoms with E-state index in [4.69, 9.17) is 10.5 Å². The van der Waals surface area contributed by atoms with Crippen LogP contribution in [0, 0.1) is 5.92 Å². The number of nitrogens with zero attached hydrogens (tertiary/aromatic N) is 1. The van der Waals surface area contributed by atoms with Gasteiger partial charge in [-0.25, -0.2) is 0 Å². The summed E-state index contributed by atoms with van der Waals surface area (Å²) in [7, 11) is 1.74. The molecule has 0 saturated carbocycles. The van der Waals surface area contributed by atoms with Gasteiger partial charge in [0.15, 0.2) is 0 Å². The topological polar surface area (TPSA) is 47.6 Å². The van der Waals surface area contributed by atoms with E-state index in [9.17, 15) is 0 Å². The molecule has 1 rings (SSSR count). The number of hydrogen-bond acceptors (Lipinski definition) is 3. The van der Waals surface area contributed by atoms with Gasteiger partial charge in [-0.2, -0.15) is 0 Å². The fraction of sp³-hybridized carbons (Fsp3) is 0.889. The van der Waals surface area contributed by atoms with Crippen molar-refractivity contribution in [1.82, 2.24) is 0 Å². The molecule has 0 fully saturated rings. The van der Waals surface area contributed by atoms with E-state index >= 15 is 0 Å². The Hall–Kier alpha value is -0.570. The highest BCUT2D eigenvalue weighted by molar-refractivity contribution is 5.81. The molecule has 70 valence electrons. The van der Waals surface area contributed by atoms with Gasteiger partial charge >= 0.3 is 0 Å². The van der Waals surface area contributed by atoms with E-state index in [1.807, 2.05) is 0 Å². The van der Waals surface area contributed by atoms with Crippen LogP contribution < -0.4 is 5.73 Å². The van der Waals surface area contributed by atoms with Crippen molar-refractivity contribution in [2.75, 3.05) is 13.7 Å². The van der Waals surface area contributed by atoms with Crippen LogP contribution in [0.25, 0.3) is 0 Å². The third-order valence-electron chi connectivity index (χ3n) is 2.29. The summed E-state index contributed by atoms with van der Waals surface area (Å²) >= 11 is 0. The zero-order valence-electron chi connectivity index (χ0n) is 7.92. The van der Waals surface area contributed by atoms with Crippen LogP contribution in [-0.2, 0) is 4.74 Å². The van der Waals surface area contributed by atoms with Crippen LogP contribution in [0.3, 0.4) is 0 Å². The van der Waals surface area contributed by atoms with E-state index in [0.29, 0.717) is 12.0 Å². The number of nitrogens with two attached hydrogens (primary N) is 1. The van der Waals surface area contributed by atoms with Crippen molar-refractivity contribution < 1.29 is 4.74 Å². The van der Waals surface area contributed by atoms with E-state index in [0.717, 1.165) is 31.7 Å². The molecule has 0 spiro atoms. The molecule has 0 bridgehead atoms. The molecule has 3 heteroatoms. The van der Waals surface area contributed by atoms with Crippen molar-refractivity contribution in [3.8, 4) is 0 Å². The number of aliphatic imine (C=N–C) groups is 1. The van der Waals surface area contributed by atoms with Crippen molar-refractivity contribution in [1.29, 1.82) is 0 Å². The molecule has 3 nitrogen and oxygen atoms in total. The lowest BCUT2D eigenvalue weighted by Crippen LogP contribution is -2.27. The quantitative estimate of drug-likeness (QED) is 0.691. The fourth-order valence-electron chi connectivity index (χ4n) is 1.75. The van der Waals surface area contributed by atoms with Crippen LogP contribution in [0.2, 0.25) is 0 Å². The first-order valence-electron chi connectivity index (χ1n) is 4.53. The maximum absolute atomic E-state index is 5.70. The van der Waals surface area contributed by atoms with Crippen molar-refractivity contribution >= 4 is 5.84 Å². The van der Waals surface area contributed by atoms with Gasteiger partial charge in [-0.3, -0.25) is 4.99 Å². The summed E-state index contributed by atoms with van der Waals surface area (Å²) in [5, 5.41) is 0. The Balaban J connectivity index is 2.34. The molecule has 0 aliphatic carbocycles. The maximum atomic E-state index is 5.70. The molecule has 1 aliphatic heterocycles. The average molecular weight is 170 g/mol. The minimum absolute atomic E-state index is 0.403. The predicted molar refractivity (Wildman–Crippen MR) is 50.3 cm³/mol. The van der Waals surface area contributed by atoms with E-state index in [-0.39, 0.29) is 0 Å². The molecule has 12 heavy (non-hydrogen) atoms. The van der Waals surface area contributed by atoms with Gasteiger partial charge < -0.3 is 10.5 Å². The Morgan fingerprint density at radius 3 is 3.00 bits per heavy atom. The van der Waals surface area contributed by atoms with Crippen LogP contribution in [0.15, 0.2) is 4.99 Å². The summed E-state index contributed by atoms with van der Waals surface area (Å²) in [5.74, 6) is 1.49. The zero-order chi connectivity index (χ0) is 8.97. The molecule has 0 radical (unpaired) electrons. The molecular weight excluding hydrogens is 152 g/mol. The normalized spacial score (nSPS) is 30.0. The lowest BCUT2D eigenvalue weighted by atomic mass is 9.91. The van der Waals surface area contributed by atoms with E-state index in [2.05, 4.69) is 11.9 Å². The monoisotopic (exact) mass is 170 g/mol. The Morgan fingerprint density at radius 1 is 1.67 bits per heavy atom. The van der Waals surface area contributed by atoms with Crippen molar-refractivity contribution in [2.24, 2.45) is 16.6 Å². The van der Waals surface area contributed by atoms with Gasteiger partial charge in [-0.15, -0.1) is 0 Å². The molecule has 1 heterocycles. The Kier molecular flexibility index (Phi) is 3.53. The smallest absolute Gasteiger partial charge is 0.0943 e. The minimum Gasteiger partial charge on any atom is -0.387 e. The highest BCUT2D eigenvalue weighted by Crippen LogP contribution is 2.21. The van der Waals surface area contributed by atoms with Crippen molar-refractivity contribution in [3.63, 3.8) is 0 Å². The number of hydrogen-bond donors (Lipinski definition) is 1. The van der Waals surface area contributed by atoms with Gasteiger partial charge in [0.1, 0.15) is 0 Å². The first kappa shape index (κ1) is 9.52. The van der Waals surface area contributed by atoms with Gasteiger partial charge in [-0.05, 0) is 25.7 Å². The Labute approximate surface area is 74.0 Å². The molecule has 0 amide bonds. The number of amidine groups is 1. The molecule has 1 aliphatic rings. The van der Waals surface area contributed by atoms with E-state index in [1.165, 1.54) is 0 Å². The van der Waals surface area contributed by atoms with Crippen molar-refractivity contribution in [2.45, 2.75) is 32.2 Å². The zero-order valence-corrected chi connectivity index (χ0v) is 7.92.